The molecule has 9 nitrogen and oxygen atoms in total. The third kappa shape index (κ3) is 6.03. The van der Waals surface area contributed by atoms with E-state index in [0.29, 0.717) is 5.82 Å². The van der Waals surface area contributed by atoms with Crippen LogP contribution in [-0.4, -0.2) is 55.1 Å². The maximum atomic E-state index is 13.9. The smallest absolute Gasteiger partial charge is 0.369 e. The fraction of sp³-hybridized carbons (Fsp3) is 0.370. The van der Waals surface area contributed by atoms with Crippen LogP contribution >= 0.6 is 0 Å². The van der Waals surface area contributed by atoms with Crippen LogP contribution in [0, 0.1) is 5.82 Å². The number of benzene rings is 2. The standard InChI is InChI=1S/C27H24F7N7O2/c28-18-5-3-17(4-6-18)25(8-1-9-26(29,30)31)23(43)41(24(35)37-25)13-16-2-7-20(27(32,33)34)19(12-16)22(42)39-10-11-40-15-36-38-21(40)14-39/h2-7,12,15H,1,8-11,13-14H2,(H2,35,37)/t25-/m1/s1. The fourth-order valence-corrected chi connectivity index (χ4v) is 5.26. The lowest BCUT2D eigenvalue weighted by molar-refractivity contribution is -0.139. The zero-order valence-corrected chi connectivity index (χ0v) is 22.3. The van der Waals surface area contributed by atoms with E-state index in [1.165, 1.54) is 23.4 Å². The first-order valence-corrected chi connectivity index (χ1v) is 13.0. The van der Waals surface area contributed by atoms with Gasteiger partial charge in [-0.1, -0.05) is 18.2 Å². The molecule has 228 valence electrons. The predicted octanol–water partition coefficient (Wildman–Crippen LogP) is 4.38. The average molecular weight is 612 g/mol. The molecule has 0 radical (unpaired) electrons. The number of aromatic nitrogens is 3. The van der Waals surface area contributed by atoms with Crippen LogP contribution in [0.4, 0.5) is 30.7 Å². The third-order valence-electron chi connectivity index (χ3n) is 7.39. The Labute approximate surface area is 239 Å². The Morgan fingerprint density at radius 3 is 2.42 bits per heavy atom. The highest BCUT2D eigenvalue weighted by molar-refractivity contribution is 6.07. The van der Waals surface area contributed by atoms with Crippen LogP contribution in [-0.2, 0) is 36.1 Å². The van der Waals surface area contributed by atoms with Gasteiger partial charge >= 0.3 is 12.4 Å². The molecule has 0 spiro atoms. The summed E-state index contributed by atoms with van der Waals surface area (Å²) in [5.41, 5.74) is 2.50. The van der Waals surface area contributed by atoms with Gasteiger partial charge in [0.05, 0.1) is 24.2 Å². The highest BCUT2D eigenvalue weighted by Crippen LogP contribution is 2.40. The average Bonchev–Trinajstić information content (AvgIpc) is 3.50. The van der Waals surface area contributed by atoms with E-state index in [0.717, 1.165) is 35.2 Å². The number of nitrogens with two attached hydrogens (primary N) is 1. The number of alkyl halides is 6. The van der Waals surface area contributed by atoms with Gasteiger partial charge in [-0.05, 0) is 48.2 Å². The van der Waals surface area contributed by atoms with Crippen molar-refractivity contribution in [1.29, 1.82) is 0 Å². The van der Waals surface area contributed by atoms with Gasteiger partial charge in [0.2, 0.25) is 0 Å². The minimum absolute atomic E-state index is 0.0668. The van der Waals surface area contributed by atoms with Gasteiger partial charge in [-0.2, -0.15) is 26.3 Å². The maximum absolute atomic E-state index is 13.9. The second-order valence-electron chi connectivity index (χ2n) is 10.2. The molecule has 3 aromatic rings. The molecule has 0 unspecified atom stereocenters. The number of nitrogens with zero attached hydrogens (tertiary/aromatic N) is 6. The molecule has 0 saturated heterocycles. The van der Waals surface area contributed by atoms with E-state index < -0.39 is 72.5 Å². The number of hydrogen-bond acceptors (Lipinski definition) is 6. The normalized spacial score (nSPS) is 19.0. The Bertz CT molecular complexity index is 1570. The van der Waals surface area contributed by atoms with E-state index in [-0.39, 0.29) is 36.7 Å². The van der Waals surface area contributed by atoms with Gasteiger partial charge < -0.3 is 15.2 Å². The van der Waals surface area contributed by atoms with Crippen molar-refractivity contribution in [3.05, 3.63) is 82.7 Å². The van der Waals surface area contributed by atoms with Crippen molar-refractivity contribution in [1.82, 2.24) is 24.6 Å². The Morgan fingerprint density at radius 2 is 1.74 bits per heavy atom. The highest BCUT2D eigenvalue weighted by atomic mass is 19.4. The summed E-state index contributed by atoms with van der Waals surface area (Å²) >= 11 is 0. The number of carbonyl (C=O) groups is 2. The number of aliphatic imine (C=N–C) groups is 1. The van der Waals surface area contributed by atoms with Gasteiger partial charge in [0, 0.05) is 19.5 Å². The minimum Gasteiger partial charge on any atom is -0.369 e. The summed E-state index contributed by atoms with van der Waals surface area (Å²) in [5, 5.41) is 7.62. The van der Waals surface area contributed by atoms with Crippen LogP contribution in [0.15, 0.2) is 53.8 Å². The second kappa shape index (κ2) is 11.0. The number of carbonyl (C=O) groups excluding carboxylic acids is 2. The van der Waals surface area contributed by atoms with Crippen molar-refractivity contribution in [2.24, 2.45) is 10.7 Å². The lowest BCUT2D eigenvalue weighted by atomic mass is 9.84. The Kier molecular flexibility index (Phi) is 7.64. The first kappa shape index (κ1) is 30.0. The van der Waals surface area contributed by atoms with E-state index in [2.05, 4.69) is 15.2 Å². The molecule has 16 heteroatoms. The largest absolute Gasteiger partial charge is 0.417 e. The Morgan fingerprint density at radius 1 is 1.02 bits per heavy atom. The van der Waals surface area contributed by atoms with Gasteiger partial charge in [0.25, 0.3) is 11.8 Å². The van der Waals surface area contributed by atoms with Crippen molar-refractivity contribution in [2.75, 3.05) is 6.54 Å². The van der Waals surface area contributed by atoms with Crippen LogP contribution in [0.1, 0.15) is 52.1 Å². The topological polar surface area (TPSA) is 110 Å². The third-order valence-corrected chi connectivity index (χ3v) is 7.39. The summed E-state index contributed by atoms with van der Waals surface area (Å²) in [6.07, 6.45) is -10.1. The summed E-state index contributed by atoms with van der Waals surface area (Å²) in [6, 6.07) is 7.30. The zero-order valence-electron chi connectivity index (χ0n) is 22.3. The van der Waals surface area contributed by atoms with Crippen LogP contribution in [0.5, 0.6) is 0 Å². The molecule has 2 aromatic carbocycles. The van der Waals surface area contributed by atoms with Gasteiger partial charge in [-0.15, -0.1) is 10.2 Å². The van der Waals surface area contributed by atoms with Crippen LogP contribution in [0.3, 0.4) is 0 Å². The molecule has 2 aliphatic heterocycles. The molecular weight excluding hydrogens is 587 g/mol. The molecule has 3 heterocycles. The number of rotatable bonds is 7. The summed E-state index contributed by atoms with van der Waals surface area (Å²) < 4.78 is 95.9. The number of fused-ring (bicyclic) bond motifs is 1. The Balaban J connectivity index is 1.45. The van der Waals surface area contributed by atoms with E-state index >= 15 is 0 Å². The fourth-order valence-electron chi connectivity index (χ4n) is 5.26. The molecule has 0 fully saturated rings. The van der Waals surface area contributed by atoms with Crippen molar-refractivity contribution in [3.63, 3.8) is 0 Å². The van der Waals surface area contributed by atoms with Crippen molar-refractivity contribution in [3.8, 4) is 0 Å². The molecule has 0 aliphatic carbocycles. The van der Waals surface area contributed by atoms with Gasteiger partial charge in [-0.25, -0.2) is 9.38 Å². The summed E-state index contributed by atoms with van der Waals surface area (Å²) in [4.78, 5) is 33.4. The summed E-state index contributed by atoms with van der Waals surface area (Å²) in [5.74, 6) is -2.38. The maximum Gasteiger partial charge on any atom is 0.417 e. The Hall–Kier alpha value is -4.50. The SMILES string of the molecule is NC1=N[C@](CCCC(F)(F)F)(c2ccc(F)cc2)C(=O)N1Cc1ccc(C(F)(F)F)c(C(=O)N2CCn3cnnc3C2)c1. The van der Waals surface area contributed by atoms with Crippen molar-refractivity contribution in [2.45, 2.75) is 56.8 Å². The monoisotopic (exact) mass is 611 g/mol. The number of hydrogen-bond donors (Lipinski definition) is 1. The summed E-state index contributed by atoms with van der Waals surface area (Å²) in [6.45, 7) is -0.107. The molecule has 2 N–H and O–H groups in total. The molecule has 5 rings (SSSR count). The predicted molar refractivity (Wildman–Crippen MR) is 136 cm³/mol. The lowest BCUT2D eigenvalue weighted by Crippen LogP contribution is -2.43. The first-order chi connectivity index (χ1) is 20.2. The number of guanidine groups is 1. The first-order valence-electron chi connectivity index (χ1n) is 13.0. The minimum atomic E-state index is -4.88. The van der Waals surface area contributed by atoms with Crippen molar-refractivity contribution < 1.29 is 40.3 Å². The molecular formula is C27H24F7N7O2. The van der Waals surface area contributed by atoms with E-state index in [4.69, 9.17) is 5.73 Å². The molecule has 43 heavy (non-hydrogen) atoms. The number of halogens is 7. The molecule has 0 saturated carbocycles. The second-order valence-corrected chi connectivity index (χ2v) is 10.2. The van der Waals surface area contributed by atoms with Gasteiger partial charge in [0.1, 0.15) is 12.1 Å². The zero-order chi connectivity index (χ0) is 31.2. The highest BCUT2D eigenvalue weighted by Gasteiger charge is 2.49. The van der Waals surface area contributed by atoms with Gasteiger partial charge in [0.15, 0.2) is 17.3 Å². The summed E-state index contributed by atoms with van der Waals surface area (Å²) in [7, 11) is 0. The lowest BCUT2D eigenvalue weighted by Gasteiger charge is -2.29. The van der Waals surface area contributed by atoms with E-state index in [1.54, 1.807) is 4.57 Å². The van der Waals surface area contributed by atoms with Gasteiger partial charge in [-0.3, -0.25) is 14.5 Å². The van der Waals surface area contributed by atoms with E-state index in [9.17, 15) is 40.3 Å². The molecule has 1 aromatic heterocycles. The molecule has 2 aliphatic rings. The number of amides is 2. The molecule has 0 bridgehead atoms. The van der Waals surface area contributed by atoms with Crippen molar-refractivity contribution >= 4 is 17.8 Å². The van der Waals surface area contributed by atoms with Crippen LogP contribution in [0.25, 0.3) is 0 Å². The molecule has 2 amide bonds. The quantitative estimate of drug-likeness (QED) is 0.399. The molecule has 1 atom stereocenters. The van der Waals surface area contributed by atoms with E-state index in [1.807, 2.05) is 0 Å². The van der Waals surface area contributed by atoms with Crippen LogP contribution in [0.2, 0.25) is 0 Å². The van der Waals surface area contributed by atoms with Crippen LogP contribution < -0.4 is 5.73 Å².